The van der Waals surface area contributed by atoms with Gasteiger partial charge in [-0.1, -0.05) is 68.2 Å². The first-order valence-electron chi connectivity index (χ1n) is 20.4. The minimum absolute atomic E-state index is 0.0191. The number of nitrogens with zero attached hydrogens (tertiary/aromatic N) is 5. The lowest BCUT2D eigenvalue weighted by Gasteiger charge is -2.19. The molecule has 2 aromatic carbocycles. The van der Waals surface area contributed by atoms with Gasteiger partial charge in [0.1, 0.15) is 37.3 Å². The summed E-state index contributed by atoms with van der Waals surface area (Å²) >= 11 is 0. The smallest absolute Gasteiger partial charge is 0.434 e. The van der Waals surface area contributed by atoms with Crippen LogP contribution >= 0.6 is 0 Å². The quantitative estimate of drug-likeness (QED) is 0.0451. The summed E-state index contributed by atoms with van der Waals surface area (Å²) in [5, 5.41) is 18.3. The summed E-state index contributed by atoms with van der Waals surface area (Å²) in [6.45, 7) is 13.3. The summed E-state index contributed by atoms with van der Waals surface area (Å²) in [4.78, 5) is 40.6. The Morgan fingerprint density at radius 1 is 0.636 bits per heavy atom. The Labute approximate surface area is 377 Å². The molecule has 0 aliphatic rings. The lowest BCUT2D eigenvalue weighted by atomic mass is 9.95. The second kappa shape index (κ2) is 20.3. The van der Waals surface area contributed by atoms with Gasteiger partial charge >= 0.3 is 24.3 Å². The van der Waals surface area contributed by atoms with Gasteiger partial charge < -0.3 is 34.0 Å². The van der Waals surface area contributed by atoms with E-state index in [0.717, 1.165) is 40.7 Å². The number of aromatic nitrogens is 6. The van der Waals surface area contributed by atoms with Gasteiger partial charge in [0.05, 0.1) is 17.0 Å². The number of carboxylic acid groups (broad SMARTS) is 2. The van der Waals surface area contributed by atoms with Crippen LogP contribution in [0.4, 0.5) is 26.3 Å². The molecule has 0 aliphatic heterocycles. The van der Waals surface area contributed by atoms with Gasteiger partial charge in [-0.15, -0.1) is 0 Å². The van der Waals surface area contributed by atoms with Gasteiger partial charge in [-0.25, -0.2) is 19.9 Å². The number of nitrogens with one attached hydrogen (secondary N) is 1. The molecule has 0 saturated carbocycles. The first-order chi connectivity index (χ1) is 30.7. The SMILES string of the molecule is CC(C)(COc1ccc(-c2ccc(-c3nc(C(F)(F)F)cn3COCC[Si](C)(C)C)cc2)cn1)C(=O)O.CC(C)(COc1ccc(-c2ccc(-c3ncc(C(F)(F)F)[nH]3)cc2)cn1)C(=O)O. The number of pyridine rings is 2. The van der Waals surface area contributed by atoms with Crippen LogP contribution < -0.4 is 9.47 Å². The van der Waals surface area contributed by atoms with Crippen molar-refractivity contribution < 1.29 is 60.4 Å². The standard InChI is InChI=1S/C26H32F3N3O4Si.C20H18F3N3O3/c1-25(2,24(33)34)16-36-22-11-10-20(14-30-22)18-6-8-19(9-7-18)23-31-21(26(27,28)29)15-32(23)17-35-12-13-37(3,4)5;1-19(2,18(27)28)11-29-16-8-7-14(9-24-16)12-3-5-13(6-4-12)17-25-10-15(26-17)20(21,22)23/h6-11,14-15H,12-13,16-17H2,1-5H3,(H,33,34);3-10H,11H2,1-2H3,(H,25,26)(H,27,28). The normalized spacial score (nSPS) is 12.3. The highest BCUT2D eigenvalue weighted by Crippen LogP contribution is 2.33. The fourth-order valence-electron chi connectivity index (χ4n) is 5.57. The summed E-state index contributed by atoms with van der Waals surface area (Å²) in [6.07, 6.45) is -4.13. The summed E-state index contributed by atoms with van der Waals surface area (Å²) in [5.41, 5.74) is 0.248. The molecule has 3 N–H and O–H groups in total. The average molecular weight is 941 g/mol. The third kappa shape index (κ3) is 14.0. The number of aliphatic carboxylic acids is 2. The lowest BCUT2D eigenvalue weighted by Crippen LogP contribution is -2.30. The number of ether oxygens (including phenoxy) is 3. The molecule has 0 amide bonds. The second-order valence-electron chi connectivity index (χ2n) is 17.8. The van der Waals surface area contributed by atoms with Crippen molar-refractivity contribution in [1.29, 1.82) is 0 Å². The van der Waals surface area contributed by atoms with Crippen molar-refractivity contribution in [2.24, 2.45) is 10.8 Å². The molecule has 0 unspecified atom stereocenters. The van der Waals surface area contributed by atoms with Gasteiger partial charge in [0.25, 0.3) is 0 Å². The summed E-state index contributed by atoms with van der Waals surface area (Å²) in [7, 11) is -1.32. The maximum Gasteiger partial charge on any atom is 0.434 e. The first kappa shape index (κ1) is 50.5. The van der Waals surface area contributed by atoms with E-state index in [1.165, 1.54) is 4.57 Å². The van der Waals surface area contributed by atoms with Gasteiger partial charge in [0, 0.05) is 67.7 Å². The van der Waals surface area contributed by atoms with Crippen LogP contribution in [0.3, 0.4) is 0 Å². The molecule has 66 heavy (non-hydrogen) atoms. The number of alkyl halides is 6. The van der Waals surface area contributed by atoms with Crippen molar-refractivity contribution in [3.63, 3.8) is 0 Å². The van der Waals surface area contributed by atoms with Gasteiger partial charge in [0.15, 0.2) is 5.69 Å². The van der Waals surface area contributed by atoms with E-state index in [-0.39, 0.29) is 31.6 Å². The molecule has 0 aliphatic carbocycles. The monoisotopic (exact) mass is 940 g/mol. The van der Waals surface area contributed by atoms with Crippen LogP contribution in [-0.2, 0) is 33.4 Å². The zero-order valence-corrected chi connectivity index (χ0v) is 38.2. The zero-order chi connectivity index (χ0) is 48.7. The minimum atomic E-state index is -4.56. The Morgan fingerprint density at radius 2 is 1.09 bits per heavy atom. The molecule has 13 nitrogen and oxygen atoms in total. The third-order valence-electron chi connectivity index (χ3n) is 9.94. The van der Waals surface area contributed by atoms with Crippen LogP contribution in [0.1, 0.15) is 39.1 Å². The first-order valence-corrected chi connectivity index (χ1v) is 24.1. The van der Waals surface area contributed by atoms with Crippen molar-refractivity contribution in [2.45, 2.75) is 72.5 Å². The average Bonchev–Trinajstić information content (AvgIpc) is 3.94. The fraction of sp³-hybridized carbons (Fsp3) is 0.348. The highest BCUT2D eigenvalue weighted by Gasteiger charge is 2.36. The van der Waals surface area contributed by atoms with Gasteiger partial charge in [0.2, 0.25) is 11.8 Å². The summed E-state index contributed by atoms with van der Waals surface area (Å²) < 4.78 is 96.1. The van der Waals surface area contributed by atoms with Crippen LogP contribution in [-0.4, -0.2) is 79.5 Å². The molecule has 20 heteroatoms. The topological polar surface area (TPSA) is 175 Å². The van der Waals surface area contributed by atoms with Crippen LogP contribution in [0.5, 0.6) is 11.8 Å². The van der Waals surface area contributed by atoms with Crippen molar-refractivity contribution >= 4 is 20.0 Å². The molecule has 6 rings (SSSR count). The van der Waals surface area contributed by atoms with E-state index in [1.807, 2.05) is 0 Å². The van der Waals surface area contributed by atoms with E-state index in [0.29, 0.717) is 29.5 Å². The molecule has 4 aromatic heterocycles. The van der Waals surface area contributed by atoms with Crippen molar-refractivity contribution in [2.75, 3.05) is 19.8 Å². The molecule has 0 saturated heterocycles. The number of H-pyrrole nitrogens is 1. The lowest BCUT2D eigenvalue weighted by molar-refractivity contribution is -0.149. The maximum atomic E-state index is 13.4. The highest BCUT2D eigenvalue weighted by atomic mass is 28.3. The third-order valence-corrected chi connectivity index (χ3v) is 11.6. The van der Waals surface area contributed by atoms with E-state index >= 15 is 0 Å². The molecule has 4 heterocycles. The Kier molecular flexibility index (Phi) is 15.5. The zero-order valence-electron chi connectivity index (χ0n) is 37.2. The van der Waals surface area contributed by atoms with E-state index in [9.17, 15) is 41.0 Å². The Morgan fingerprint density at radius 3 is 1.48 bits per heavy atom. The number of imidazole rings is 2. The number of carboxylic acids is 2. The molecule has 352 valence electrons. The number of rotatable bonds is 17. The van der Waals surface area contributed by atoms with Gasteiger partial charge in [-0.05, 0) is 57.0 Å². The van der Waals surface area contributed by atoms with Crippen molar-refractivity contribution in [1.82, 2.24) is 29.5 Å². The molecule has 0 atom stereocenters. The van der Waals surface area contributed by atoms with E-state index in [4.69, 9.17) is 19.3 Å². The predicted octanol–water partition coefficient (Wildman–Crippen LogP) is 11.1. The number of hydrogen-bond acceptors (Lipinski definition) is 9. The molecule has 0 fully saturated rings. The van der Waals surface area contributed by atoms with Crippen LogP contribution in [0.2, 0.25) is 25.7 Å². The van der Waals surface area contributed by atoms with Crippen LogP contribution in [0.25, 0.3) is 45.0 Å². The predicted molar refractivity (Wildman–Crippen MR) is 236 cm³/mol. The van der Waals surface area contributed by atoms with E-state index < -0.39 is 54.6 Å². The number of halogens is 6. The van der Waals surface area contributed by atoms with Gasteiger partial charge in [-0.3, -0.25) is 9.59 Å². The highest BCUT2D eigenvalue weighted by molar-refractivity contribution is 6.76. The summed E-state index contributed by atoms with van der Waals surface area (Å²) in [5.74, 6) is -1.03. The largest absolute Gasteiger partial charge is 0.481 e. The maximum absolute atomic E-state index is 13.4. The molecule has 0 spiro atoms. The van der Waals surface area contributed by atoms with Crippen molar-refractivity contribution in [3.05, 3.63) is 109 Å². The Balaban J connectivity index is 0.000000255. The second-order valence-corrected chi connectivity index (χ2v) is 23.4. The summed E-state index contributed by atoms with van der Waals surface area (Å²) in [6, 6.07) is 21.5. The fourth-order valence-corrected chi connectivity index (χ4v) is 6.33. The molecule has 6 aromatic rings. The number of carbonyl (C=O) groups is 2. The van der Waals surface area contributed by atoms with Crippen LogP contribution in [0.15, 0.2) is 97.6 Å². The van der Waals surface area contributed by atoms with Crippen molar-refractivity contribution in [3.8, 4) is 56.8 Å². The van der Waals surface area contributed by atoms with Gasteiger partial charge in [-0.2, -0.15) is 26.3 Å². The van der Waals surface area contributed by atoms with Crippen LogP contribution in [0, 0.1) is 10.8 Å². The number of aromatic amines is 1. The number of hydrogen-bond donors (Lipinski definition) is 3. The Bertz CT molecular complexity index is 2550. The molecular weight excluding hydrogens is 891 g/mol. The number of benzene rings is 2. The molecular formula is C46H50F6N6O7Si. The molecule has 0 radical (unpaired) electrons. The van der Waals surface area contributed by atoms with E-state index in [1.54, 1.807) is 113 Å². The van der Waals surface area contributed by atoms with E-state index in [2.05, 4.69) is 44.6 Å². The minimum Gasteiger partial charge on any atom is -0.481 e. The molecule has 0 bridgehead atoms. The Hall–Kier alpha value is -6.54.